The Kier molecular flexibility index (Phi) is 3.96. The lowest BCUT2D eigenvalue weighted by atomic mass is 10.3. The average molecular weight is 344 g/mol. The van der Waals surface area contributed by atoms with E-state index in [0.29, 0.717) is 5.82 Å². The maximum atomic E-state index is 4.52. The van der Waals surface area contributed by atoms with Crippen molar-refractivity contribution in [2.24, 2.45) is 0 Å². The highest BCUT2D eigenvalue weighted by Gasteiger charge is 2.09. The van der Waals surface area contributed by atoms with Gasteiger partial charge in [0.15, 0.2) is 5.82 Å². The molecule has 0 bridgehead atoms. The predicted molar refractivity (Wildman–Crippen MR) is 86.5 cm³/mol. The normalized spacial score (nSPS) is 10.6. The number of hydrogen-bond acceptors (Lipinski definition) is 4. The van der Waals surface area contributed by atoms with E-state index in [1.54, 1.807) is 12.4 Å². The van der Waals surface area contributed by atoms with E-state index in [1.165, 1.54) is 0 Å². The fraction of sp³-hybridized carbons (Fsp3) is 0.133. The number of hydrogen-bond donors (Lipinski definition) is 1. The molecule has 0 aliphatic rings. The topological polar surface area (TPSA) is 55.6 Å². The molecule has 0 radical (unpaired) electrons. The molecule has 0 atom stereocenters. The van der Waals surface area contributed by atoms with Gasteiger partial charge < -0.3 is 5.32 Å². The van der Waals surface area contributed by atoms with Crippen LogP contribution in [-0.4, -0.2) is 26.3 Å². The molecule has 2 aromatic heterocycles. The first kappa shape index (κ1) is 13.8. The zero-order valence-electron chi connectivity index (χ0n) is 11.5. The summed E-state index contributed by atoms with van der Waals surface area (Å²) in [4.78, 5) is 8.86. The van der Waals surface area contributed by atoms with Gasteiger partial charge in [-0.25, -0.2) is 14.6 Å². The van der Waals surface area contributed by atoms with Crippen LogP contribution in [0.25, 0.3) is 17.1 Å². The van der Waals surface area contributed by atoms with Gasteiger partial charge in [-0.15, -0.1) is 0 Å². The number of nitrogens with zero attached hydrogens (tertiary/aromatic N) is 4. The molecule has 106 valence electrons. The van der Waals surface area contributed by atoms with Gasteiger partial charge in [0.25, 0.3) is 0 Å². The van der Waals surface area contributed by atoms with Crippen LogP contribution in [0, 0.1) is 0 Å². The molecule has 1 aromatic carbocycles. The van der Waals surface area contributed by atoms with Crippen LogP contribution in [0.15, 0.2) is 53.4 Å². The van der Waals surface area contributed by atoms with E-state index >= 15 is 0 Å². The highest BCUT2D eigenvalue weighted by Crippen LogP contribution is 2.23. The Balaban J connectivity index is 1.95. The molecule has 0 saturated heterocycles. The molecular weight excluding hydrogens is 330 g/mol. The Labute approximate surface area is 131 Å². The van der Waals surface area contributed by atoms with Gasteiger partial charge in [-0.1, -0.05) is 18.2 Å². The first-order valence-electron chi connectivity index (χ1n) is 6.65. The van der Waals surface area contributed by atoms with Gasteiger partial charge in [0.05, 0.1) is 21.9 Å². The zero-order valence-corrected chi connectivity index (χ0v) is 13.1. The maximum absolute atomic E-state index is 4.52. The van der Waals surface area contributed by atoms with Crippen molar-refractivity contribution >= 4 is 21.7 Å². The molecule has 0 saturated carbocycles. The van der Waals surface area contributed by atoms with Crippen molar-refractivity contribution in [1.29, 1.82) is 0 Å². The minimum atomic E-state index is 0.649. The molecule has 0 aliphatic heterocycles. The van der Waals surface area contributed by atoms with Crippen molar-refractivity contribution in [2.75, 3.05) is 11.9 Å². The molecule has 21 heavy (non-hydrogen) atoms. The molecule has 2 heterocycles. The predicted octanol–water partition coefficient (Wildman–Crippen LogP) is 3.52. The molecule has 0 amide bonds. The Morgan fingerprint density at radius 2 is 2.00 bits per heavy atom. The lowest BCUT2D eigenvalue weighted by Gasteiger charge is -2.05. The molecule has 0 spiro atoms. The maximum Gasteiger partial charge on any atom is 0.164 e. The van der Waals surface area contributed by atoms with Crippen molar-refractivity contribution in [3.63, 3.8) is 0 Å². The summed E-state index contributed by atoms with van der Waals surface area (Å²) in [7, 11) is 0. The monoisotopic (exact) mass is 343 g/mol. The largest absolute Gasteiger partial charge is 0.369 e. The molecule has 0 fully saturated rings. The molecule has 0 aliphatic carbocycles. The zero-order chi connectivity index (χ0) is 14.7. The number of benzene rings is 1. The minimum absolute atomic E-state index is 0.649. The number of nitrogens with one attached hydrogen (secondary N) is 1. The van der Waals surface area contributed by atoms with Gasteiger partial charge in [0.1, 0.15) is 5.82 Å². The fourth-order valence-corrected chi connectivity index (χ4v) is 2.29. The van der Waals surface area contributed by atoms with E-state index < -0.39 is 0 Å². The Bertz CT molecular complexity index is 739. The van der Waals surface area contributed by atoms with Crippen molar-refractivity contribution in [1.82, 2.24) is 19.7 Å². The second-order valence-corrected chi connectivity index (χ2v) is 5.28. The summed E-state index contributed by atoms with van der Waals surface area (Å²) in [6, 6.07) is 9.95. The van der Waals surface area contributed by atoms with Crippen molar-refractivity contribution in [3.8, 4) is 17.1 Å². The quantitative estimate of drug-likeness (QED) is 0.787. The molecule has 0 unspecified atom stereocenters. The summed E-state index contributed by atoms with van der Waals surface area (Å²) in [5.74, 6) is 1.44. The Morgan fingerprint density at radius 1 is 1.19 bits per heavy atom. The second kappa shape index (κ2) is 6.05. The summed E-state index contributed by atoms with van der Waals surface area (Å²) in [5.41, 5.74) is 1.89. The van der Waals surface area contributed by atoms with Crippen molar-refractivity contribution in [3.05, 3.63) is 53.4 Å². The van der Waals surface area contributed by atoms with Crippen LogP contribution in [0.5, 0.6) is 0 Å². The van der Waals surface area contributed by atoms with E-state index in [2.05, 4.69) is 36.3 Å². The molecular formula is C15H14BrN5. The highest BCUT2D eigenvalue weighted by molar-refractivity contribution is 9.10. The summed E-state index contributed by atoms with van der Waals surface area (Å²) in [6.45, 7) is 2.83. The van der Waals surface area contributed by atoms with E-state index in [1.807, 2.05) is 48.1 Å². The number of halogens is 1. The Hall–Kier alpha value is -2.21. The summed E-state index contributed by atoms with van der Waals surface area (Å²) in [5, 5.41) is 7.56. The molecule has 3 aromatic rings. The van der Waals surface area contributed by atoms with Crippen LogP contribution in [-0.2, 0) is 0 Å². The van der Waals surface area contributed by atoms with E-state index in [-0.39, 0.29) is 0 Å². The van der Waals surface area contributed by atoms with E-state index in [4.69, 9.17) is 0 Å². The standard InChI is InChI=1S/C15H14BrN5/c1-2-17-15-13(16)9-18-14(20-15)11-8-19-21(10-11)12-6-4-3-5-7-12/h3-10H,2H2,1H3,(H,17,18,20). The lowest BCUT2D eigenvalue weighted by molar-refractivity contribution is 0.880. The van der Waals surface area contributed by atoms with Gasteiger partial charge in [-0.2, -0.15) is 5.10 Å². The van der Waals surface area contributed by atoms with E-state index in [9.17, 15) is 0 Å². The van der Waals surface area contributed by atoms with Gasteiger partial charge >= 0.3 is 0 Å². The lowest BCUT2D eigenvalue weighted by Crippen LogP contribution is -2.02. The summed E-state index contributed by atoms with van der Waals surface area (Å²) < 4.78 is 2.66. The van der Waals surface area contributed by atoms with Gasteiger partial charge in [-0.3, -0.25) is 0 Å². The fourth-order valence-electron chi connectivity index (χ4n) is 1.96. The number of rotatable bonds is 4. The third-order valence-electron chi connectivity index (χ3n) is 2.95. The van der Waals surface area contributed by atoms with Crippen LogP contribution in [0.2, 0.25) is 0 Å². The summed E-state index contributed by atoms with van der Waals surface area (Å²) >= 11 is 3.44. The molecule has 1 N–H and O–H groups in total. The van der Waals surface area contributed by atoms with Crippen LogP contribution < -0.4 is 5.32 Å². The first-order valence-corrected chi connectivity index (χ1v) is 7.44. The van der Waals surface area contributed by atoms with Gasteiger partial charge in [-0.05, 0) is 35.0 Å². The van der Waals surface area contributed by atoms with Gasteiger partial charge in [0.2, 0.25) is 0 Å². The van der Waals surface area contributed by atoms with Crippen LogP contribution in [0.3, 0.4) is 0 Å². The average Bonchev–Trinajstić information content (AvgIpc) is 3.00. The SMILES string of the molecule is CCNc1nc(-c2cnn(-c3ccccc3)c2)ncc1Br. The van der Waals surface area contributed by atoms with E-state index in [0.717, 1.165) is 28.1 Å². The second-order valence-electron chi connectivity index (χ2n) is 4.43. The van der Waals surface area contributed by atoms with Crippen molar-refractivity contribution in [2.45, 2.75) is 6.92 Å². The number of para-hydroxylation sites is 1. The smallest absolute Gasteiger partial charge is 0.164 e. The molecule has 3 rings (SSSR count). The summed E-state index contributed by atoms with van der Waals surface area (Å²) in [6.07, 6.45) is 5.44. The van der Waals surface area contributed by atoms with Crippen LogP contribution >= 0.6 is 15.9 Å². The van der Waals surface area contributed by atoms with Crippen molar-refractivity contribution < 1.29 is 0 Å². The highest BCUT2D eigenvalue weighted by atomic mass is 79.9. The Morgan fingerprint density at radius 3 is 2.76 bits per heavy atom. The molecule has 5 nitrogen and oxygen atoms in total. The van der Waals surface area contributed by atoms with Gasteiger partial charge in [0, 0.05) is 18.9 Å². The van der Waals surface area contributed by atoms with Crippen LogP contribution in [0.4, 0.5) is 5.82 Å². The third kappa shape index (κ3) is 2.95. The number of aromatic nitrogens is 4. The van der Waals surface area contributed by atoms with Crippen LogP contribution in [0.1, 0.15) is 6.92 Å². The number of anilines is 1. The third-order valence-corrected chi connectivity index (χ3v) is 3.53. The minimum Gasteiger partial charge on any atom is -0.369 e. The first-order chi connectivity index (χ1) is 10.3. The molecule has 6 heteroatoms.